The standard InChI is InChI=1S/C16H20ClNO3/c1-16(2,3)21-15(20)18-10-12(7-8-14(18)19)11-5-4-6-13(17)9-11/h4-6,9,12H,7-8,10H2,1-3H3/t12-/m0/s1. The molecule has 1 heterocycles. The van der Waals surface area contributed by atoms with Gasteiger partial charge in [0.1, 0.15) is 5.60 Å². The van der Waals surface area contributed by atoms with E-state index in [4.69, 9.17) is 16.3 Å². The molecule has 0 unspecified atom stereocenters. The maximum atomic E-state index is 12.1. The highest BCUT2D eigenvalue weighted by molar-refractivity contribution is 6.30. The molecule has 1 fully saturated rings. The van der Waals surface area contributed by atoms with Crippen molar-refractivity contribution in [2.75, 3.05) is 6.54 Å². The summed E-state index contributed by atoms with van der Waals surface area (Å²) >= 11 is 6.01. The first kappa shape index (κ1) is 15.8. The highest BCUT2D eigenvalue weighted by atomic mass is 35.5. The molecule has 5 heteroatoms. The maximum Gasteiger partial charge on any atom is 0.417 e. The van der Waals surface area contributed by atoms with E-state index >= 15 is 0 Å². The zero-order chi connectivity index (χ0) is 15.6. The molecule has 2 amide bonds. The lowest BCUT2D eigenvalue weighted by Crippen LogP contribution is -2.45. The Hall–Kier alpha value is -1.55. The monoisotopic (exact) mass is 309 g/mol. The first-order chi connectivity index (χ1) is 9.76. The van der Waals surface area contributed by atoms with Crippen molar-refractivity contribution in [2.45, 2.75) is 45.1 Å². The first-order valence-corrected chi connectivity index (χ1v) is 7.43. The average Bonchev–Trinajstić information content (AvgIpc) is 2.37. The van der Waals surface area contributed by atoms with E-state index in [1.54, 1.807) is 20.8 Å². The van der Waals surface area contributed by atoms with Gasteiger partial charge in [-0.1, -0.05) is 23.7 Å². The predicted molar refractivity (Wildman–Crippen MR) is 81.4 cm³/mol. The van der Waals surface area contributed by atoms with Crippen LogP contribution >= 0.6 is 11.6 Å². The van der Waals surface area contributed by atoms with E-state index in [0.29, 0.717) is 18.0 Å². The van der Waals surface area contributed by atoms with Crippen LogP contribution in [0.25, 0.3) is 0 Å². The largest absolute Gasteiger partial charge is 0.443 e. The van der Waals surface area contributed by atoms with Crippen molar-refractivity contribution in [2.24, 2.45) is 0 Å². The molecule has 1 aliphatic heterocycles. The second-order valence-electron chi connectivity index (χ2n) is 6.28. The zero-order valence-electron chi connectivity index (χ0n) is 12.6. The molecule has 0 aromatic heterocycles. The molecule has 2 rings (SSSR count). The summed E-state index contributed by atoms with van der Waals surface area (Å²) in [5, 5.41) is 0.660. The van der Waals surface area contributed by atoms with Gasteiger partial charge < -0.3 is 4.74 Å². The summed E-state index contributed by atoms with van der Waals surface area (Å²) in [6.07, 6.45) is 0.494. The molecule has 1 aliphatic rings. The Morgan fingerprint density at radius 1 is 1.38 bits per heavy atom. The fourth-order valence-electron chi connectivity index (χ4n) is 2.37. The van der Waals surface area contributed by atoms with Crippen LogP contribution in [0.3, 0.4) is 0 Å². The van der Waals surface area contributed by atoms with E-state index < -0.39 is 11.7 Å². The maximum absolute atomic E-state index is 12.1. The molecule has 1 aromatic rings. The molecule has 0 N–H and O–H groups in total. The lowest BCUT2D eigenvalue weighted by atomic mass is 9.90. The average molecular weight is 310 g/mol. The van der Waals surface area contributed by atoms with E-state index in [-0.39, 0.29) is 11.8 Å². The number of amides is 2. The van der Waals surface area contributed by atoms with Gasteiger partial charge in [0.25, 0.3) is 0 Å². The lowest BCUT2D eigenvalue weighted by molar-refractivity contribution is -0.132. The predicted octanol–water partition coefficient (Wildman–Crippen LogP) is 3.98. The molecular weight excluding hydrogens is 290 g/mol. The van der Waals surface area contributed by atoms with Crippen molar-refractivity contribution in [1.82, 2.24) is 4.90 Å². The number of carbonyl (C=O) groups excluding carboxylic acids is 2. The number of piperidine rings is 1. The van der Waals surface area contributed by atoms with E-state index in [0.717, 1.165) is 12.0 Å². The highest BCUT2D eigenvalue weighted by Crippen LogP contribution is 2.29. The van der Waals surface area contributed by atoms with Gasteiger partial charge in [-0.15, -0.1) is 0 Å². The van der Waals surface area contributed by atoms with E-state index in [1.165, 1.54) is 4.90 Å². The Morgan fingerprint density at radius 2 is 2.10 bits per heavy atom. The molecule has 1 aromatic carbocycles. The van der Waals surface area contributed by atoms with E-state index in [1.807, 2.05) is 24.3 Å². The van der Waals surface area contributed by atoms with Gasteiger partial charge in [-0.05, 0) is 44.9 Å². The lowest BCUT2D eigenvalue weighted by Gasteiger charge is -2.32. The topological polar surface area (TPSA) is 46.6 Å². The van der Waals surface area contributed by atoms with Crippen molar-refractivity contribution in [3.63, 3.8) is 0 Å². The Bertz CT molecular complexity index is 551. The summed E-state index contributed by atoms with van der Waals surface area (Å²) in [7, 11) is 0. The molecule has 1 atom stereocenters. The number of likely N-dealkylation sites (tertiary alicyclic amines) is 1. The molecule has 1 saturated heterocycles. The molecule has 0 bridgehead atoms. The SMILES string of the molecule is CC(C)(C)OC(=O)N1C[C@@H](c2cccc(Cl)c2)CCC1=O. The van der Waals surface area contributed by atoms with Crippen LogP contribution in [0.15, 0.2) is 24.3 Å². The van der Waals surface area contributed by atoms with Crippen LogP contribution in [0.1, 0.15) is 45.1 Å². The molecule has 4 nitrogen and oxygen atoms in total. The number of imide groups is 1. The fourth-order valence-corrected chi connectivity index (χ4v) is 2.57. The zero-order valence-corrected chi connectivity index (χ0v) is 13.3. The summed E-state index contributed by atoms with van der Waals surface area (Å²) in [5.41, 5.74) is 0.434. The summed E-state index contributed by atoms with van der Waals surface area (Å²) in [4.78, 5) is 25.3. The van der Waals surface area contributed by atoms with Crippen molar-refractivity contribution < 1.29 is 14.3 Å². The van der Waals surface area contributed by atoms with E-state index in [9.17, 15) is 9.59 Å². The minimum Gasteiger partial charge on any atom is -0.443 e. The smallest absolute Gasteiger partial charge is 0.417 e. The van der Waals surface area contributed by atoms with Crippen LogP contribution in [0.4, 0.5) is 4.79 Å². The second kappa shape index (κ2) is 6.06. The summed E-state index contributed by atoms with van der Waals surface area (Å²) in [6, 6.07) is 7.55. The van der Waals surface area contributed by atoms with Crippen LogP contribution in [-0.2, 0) is 9.53 Å². The van der Waals surface area contributed by atoms with Gasteiger partial charge in [-0.25, -0.2) is 9.69 Å². The molecule has 0 spiro atoms. The second-order valence-corrected chi connectivity index (χ2v) is 6.71. The van der Waals surface area contributed by atoms with Crippen molar-refractivity contribution in [3.05, 3.63) is 34.9 Å². The Kier molecular flexibility index (Phi) is 4.57. The number of hydrogen-bond acceptors (Lipinski definition) is 3. The quantitative estimate of drug-likeness (QED) is 0.788. The number of halogens is 1. The van der Waals surface area contributed by atoms with Gasteiger partial charge >= 0.3 is 6.09 Å². The summed E-state index contributed by atoms with van der Waals surface area (Å²) < 4.78 is 5.30. The molecule has 0 radical (unpaired) electrons. The Labute approximate surface area is 130 Å². The van der Waals surface area contributed by atoms with Gasteiger partial charge in [0.2, 0.25) is 5.91 Å². The third kappa shape index (κ3) is 4.21. The van der Waals surface area contributed by atoms with Gasteiger partial charge in [-0.3, -0.25) is 4.79 Å². The first-order valence-electron chi connectivity index (χ1n) is 7.05. The molecule has 114 valence electrons. The van der Waals surface area contributed by atoms with Crippen LogP contribution in [0.2, 0.25) is 5.02 Å². The third-order valence-electron chi connectivity index (χ3n) is 3.34. The normalized spacial score (nSPS) is 19.5. The minimum atomic E-state index is -0.611. The summed E-state index contributed by atoms with van der Waals surface area (Å²) in [6.45, 7) is 5.70. The van der Waals surface area contributed by atoms with Crippen molar-refractivity contribution in [1.29, 1.82) is 0 Å². The number of nitrogens with zero attached hydrogens (tertiary/aromatic N) is 1. The number of carbonyl (C=O) groups is 2. The minimum absolute atomic E-state index is 0.105. The fraction of sp³-hybridized carbons (Fsp3) is 0.500. The molecule has 0 saturated carbocycles. The number of rotatable bonds is 1. The van der Waals surface area contributed by atoms with Crippen LogP contribution in [0, 0.1) is 0 Å². The van der Waals surface area contributed by atoms with Gasteiger partial charge in [0.15, 0.2) is 0 Å². The Morgan fingerprint density at radius 3 is 2.71 bits per heavy atom. The van der Waals surface area contributed by atoms with Crippen molar-refractivity contribution >= 4 is 23.6 Å². The molecule has 0 aliphatic carbocycles. The third-order valence-corrected chi connectivity index (χ3v) is 3.58. The van der Waals surface area contributed by atoms with Gasteiger partial charge in [-0.2, -0.15) is 0 Å². The number of hydrogen-bond donors (Lipinski definition) is 0. The molecular formula is C16H20ClNO3. The number of ether oxygens (including phenoxy) is 1. The Balaban J connectivity index is 2.12. The van der Waals surface area contributed by atoms with Crippen LogP contribution in [-0.4, -0.2) is 29.0 Å². The van der Waals surface area contributed by atoms with Crippen molar-refractivity contribution in [3.8, 4) is 0 Å². The molecule has 21 heavy (non-hydrogen) atoms. The van der Waals surface area contributed by atoms with Crippen LogP contribution in [0.5, 0.6) is 0 Å². The number of benzene rings is 1. The van der Waals surface area contributed by atoms with Crippen LogP contribution < -0.4 is 0 Å². The highest BCUT2D eigenvalue weighted by Gasteiger charge is 2.33. The summed E-state index contributed by atoms with van der Waals surface area (Å²) in [5.74, 6) is -0.0727. The van der Waals surface area contributed by atoms with Gasteiger partial charge in [0.05, 0.1) is 0 Å². The van der Waals surface area contributed by atoms with Gasteiger partial charge in [0, 0.05) is 23.9 Å². The van der Waals surface area contributed by atoms with E-state index in [2.05, 4.69) is 0 Å².